The van der Waals surface area contributed by atoms with Crippen LogP contribution < -0.4 is 10.6 Å². The Morgan fingerprint density at radius 3 is 2.56 bits per heavy atom. The second kappa shape index (κ2) is 11.1. The highest BCUT2D eigenvalue weighted by Gasteiger charge is 2.30. The predicted octanol–water partition coefficient (Wildman–Crippen LogP) is 4.97. The highest BCUT2D eigenvalue weighted by molar-refractivity contribution is 5.89. The number of urea groups is 1. The zero-order chi connectivity index (χ0) is 22.9. The summed E-state index contributed by atoms with van der Waals surface area (Å²) in [6.45, 7) is 4.88. The number of carbonyl (C=O) groups excluding carboxylic acids is 1. The molecule has 1 aromatic heterocycles. The maximum absolute atomic E-state index is 12.4. The molecule has 1 fully saturated rings. The van der Waals surface area contributed by atoms with Gasteiger partial charge in [-0.05, 0) is 70.1 Å². The number of aromatic nitrogens is 2. The summed E-state index contributed by atoms with van der Waals surface area (Å²) in [5.74, 6) is 0.933. The average Bonchev–Trinajstić information content (AvgIpc) is 3.25. The Kier molecular flexibility index (Phi) is 8.01. The fourth-order valence-electron chi connectivity index (χ4n) is 3.65. The van der Waals surface area contributed by atoms with Gasteiger partial charge in [0.2, 0.25) is 0 Å². The minimum Gasteiger partial charge on any atom is -0.341 e. The Morgan fingerprint density at radius 1 is 1.19 bits per heavy atom. The van der Waals surface area contributed by atoms with Gasteiger partial charge in [0, 0.05) is 18.3 Å². The first kappa shape index (κ1) is 23.0. The first-order valence-electron chi connectivity index (χ1n) is 10.8. The molecule has 0 saturated carbocycles. The summed E-state index contributed by atoms with van der Waals surface area (Å²) in [6.07, 6.45) is 5.67. The van der Waals surface area contributed by atoms with Gasteiger partial charge in [-0.25, -0.2) is 9.78 Å². The number of nitrogens with one attached hydrogen (secondary N) is 3. The van der Waals surface area contributed by atoms with Crippen LogP contribution >= 0.6 is 0 Å². The van der Waals surface area contributed by atoms with E-state index in [-0.39, 0.29) is 18.1 Å². The number of imidazole rings is 1. The molecule has 4 rings (SSSR count). The molecule has 0 unspecified atom stereocenters. The highest BCUT2D eigenvalue weighted by atomic mass is 16.2. The largest absolute Gasteiger partial charge is 0.341 e. The average molecular weight is 431 g/mol. The normalized spacial score (nSPS) is 18.6. The zero-order valence-electron chi connectivity index (χ0n) is 18.8. The van der Waals surface area contributed by atoms with Crippen LogP contribution in [0.15, 0.2) is 60.7 Å². The number of fused-ring (bicyclic) bond motifs is 1. The van der Waals surface area contributed by atoms with E-state index in [0.717, 1.165) is 36.2 Å². The quantitative estimate of drug-likeness (QED) is 0.511. The van der Waals surface area contributed by atoms with Gasteiger partial charge in [0.1, 0.15) is 5.82 Å². The number of benzene rings is 2. The predicted molar refractivity (Wildman–Crippen MR) is 128 cm³/mol. The van der Waals surface area contributed by atoms with Crippen LogP contribution in [0.25, 0.3) is 11.0 Å². The Morgan fingerprint density at radius 2 is 1.91 bits per heavy atom. The van der Waals surface area contributed by atoms with Crippen molar-refractivity contribution in [3.8, 4) is 6.07 Å². The number of rotatable bonds is 3. The minimum absolute atomic E-state index is 0.0628. The van der Waals surface area contributed by atoms with Crippen molar-refractivity contribution in [1.29, 1.82) is 5.26 Å². The van der Waals surface area contributed by atoms with E-state index < -0.39 is 0 Å². The van der Waals surface area contributed by atoms with E-state index >= 15 is 0 Å². The maximum atomic E-state index is 12.4. The highest BCUT2D eigenvalue weighted by Crippen LogP contribution is 2.29. The molecule has 1 aliphatic heterocycles. The first-order chi connectivity index (χ1) is 15.5. The summed E-state index contributed by atoms with van der Waals surface area (Å²) in [6, 6.07) is 16.8. The molecule has 0 spiro atoms. The second-order valence-electron chi connectivity index (χ2n) is 7.81. The van der Waals surface area contributed by atoms with E-state index in [1.807, 2.05) is 50.3 Å². The fraction of sp³-hybridized carbons (Fsp3) is 0.320. The number of H-pyrrole nitrogens is 1. The number of para-hydroxylation sites is 2. The van der Waals surface area contributed by atoms with Crippen molar-refractivity contribution >= 4 is 22.8 Å². The van der Waals surface area contributed by atoms with Gasteiger partial charge < -0.3 is 15.6 Å². The van der Waals surface area contributed by atoms with Crippen molar-refractivity contribution in [3.05, 3.63) is 72.1 Å². The van der Waals surface area contributed by atoms with Crippen molar-refractivity contribution in [2.24, 2.45) is 0 Å². The maximum Gasteiger partial charge on any atom is 0.319 e. The number of hydrogen-bond donors (Lipinski definition) is 3. The van der Waals surface area contributed by atoms with Crippen LogP contribution in [0.2, 0.25) is 0 Å². The standard InChI is InChI=1S/C21H22N6O.C4H8/c1-27-11-10-16(24-21(28)23-15-8-6-14(13-22)7-9-15)12-19(27)20-25-17-4-2-3-5-18(17)26-20;1-3-4-2/h2-9,16,19H,10-12H2,1H3,(H,25,26)(H2,23,24,28);3-4H,1-2H3/b;4-3-/t16-,19-;/m1./s1. The van der Waals surface area contributed by atoms with Crippen LogP contribution in [0.4, 0.5) is 10.5 Å². The third-order valence-electron chi connectivity index (χ3n) is 5.53. The Balaban J connectivity index is 0.000000668. The summed E-state index contributed by atoms with van der Waals surface area (Å²) < 4.78 is 0. The number of piperidine rings is 1. The van der Waals surface area contributed by atoms with Crippen LogP contribution in [0.5, 0.6) is 0 Å². The number of hydrogen-bond acceptors (Lipinski definition) is 4. The van der Waals surface area contributed by atoms with E-state index in [1.165, 1.54) is 0 Å². The molecule has 2 amide bonds. The Bertz CT molecular complexity index is 1060. The Labute approximate surface area is 189 Å². The van der Waals surface area contributed by atoms with Crippen molar-refractivity contribution in [1.82, 2.24) is 20.2 Å². The molecule has 2 heterocycles. The zero-order valence-corrected chi connectivity index (χ0v) is 18.8. The molecule has 3 N–H and O–H groups in total. The molecule has 166 valence electrons. The van der Waals surface area contributed by atoms with E-state index in [9.17, 15) is 4.79 Å². The van der Waals surface area contributed by atoms with Gasteiger partial charge in [-0.2, -0.15) is 5.26 Å². The third-order valence-corrected chi connectivity index (χ3v) is 5.53. The van der Waals surface area contributed by atoms with Gasteiger partial charge in [-0.1, -0.05) is 24.3 Å². The molecule has 1 saturated heterocycles. The lowest BCUT2D eigenvalue weighted by Gasteiger charge is -2.36. The van der Waals surface area contributed by atoms with E-state index in [2.05, 4.69) is 33.6 Å². The SMILES string of the molecule is C/C=C\C.CN1CC[C@@H](NC(=O)Nc2ccc(C#N)cc2)C[C@@H]1c1nc2ccccc2[nH]1. The number of carbonyl (C=O) groups is 1. The summed E-state index contributed by atoms with van der Waals surface area (Å²) in [4.78, 5) is 22.8. The lowest BCUT2D eigenvalue weighted by atomic mass is 9.97. The van der Waals surface area contributed by atoms with Crippen molar-refractivity contribution in [3.63, 3.8) is 0 Å². The molecule has 2 aromatic carbocycles. The first-order valence-corrected chi connectivity index (χ1v) is 10.8. The van der Waals surface area contributed by atoms with Crippen LogP contribution in [-0.4, -0.2) is 40.5 Å². The molecule has 1 aliphatic rings. The van der Waals surface area contributed by atoms with Crippen molar-refractivity contribution in [2.75, 3.05) is 18.9 Å². The number of amides is 2. The molecule has 0 aliphatic carbocycles. The molecule has 2 atom stereocenters. The summed E-state index contributed by atoms with van der Waals surface area (Å²) in [5, 5.41) is 14.7. The van der Waals surface area contributed by atoms with Crippen molar-refractivity contribution < 1.29 is 4.79 Å². The molecule has 32 heavy (non-hydrogen) atoms. The van der Waals surface area contributed by atoms with Crippen molar-refractivity contribution in [2.45, 2.75) is 38.8 Å². The topological polar surface area (TPSA) is 96.8 Å². The smallest absolute Gasteiger partial charge is 0.319 e. The third kappa shape index (κ3) is 5.96. The molecular formula is C25H30N6O. The van der Waals surface area contributed by atoms with Gasteiger partial charge in [-0.3, -0.25) is 4.90 Å². The summed E-state index contributed by atoms with van der Waals surface area (Å²) in [5.41, 5.74) is 3.22. The fourth-order valence-corrected chi connectivity index (χ4v) is 3.65. The summed E-state index contributed by atoms with van der Waals surface area (Å²) >= 11 is 0. The number of nitriles is 1. The molecule has 3 aromatic rings. The van der Waals surface area contributed by atoms with Crippen LogP contribution in [0, 0.1) is 11.3 Å². The van der Waals surface area contributed by atoms with Gasteiger partial charge >= 0.3 is 6.03 Å². The number of aromatic amines is 1. The van der Waals surface area contributed by atoms with Gasteiger partial charge in [0.05, 0.1) is 28.7 Å². The van der Waals surface area contributed by atoms with Gasteiger partial charge in [0.15, 0.2) is 0 Å². The molecule has 7 nitrogen and oxygen atoms in total. The van der Waals surface area contributed by atoms with Crippen LogP contribution in [0.1, 0.15) is 44.1 Å². The Hall–Kier alpha value is -3.63. The number of allylic oxidation sites excluding steroid dienone is 2. The second-order valence-corrected chi connectivity index (χ2v) is 7.81. The van der Waals surface area contributed by atoms with Crippen LogP contribution in [0.3, 0.4) is 0 Å². The number of anilines is 1. The number of nitrogens with zero attached hydrogens (tertiary/aromatic N) is 3. The molecule has 0 radical (unpaired) electrons. The monoisotopic (exact) mass is 430 g/mol. The van der Waals surface area contributed by atoms with E-state index in [0.29, 0.717) is 11.3 Å². The summed E-state index contributed by atoms with van der Waals surface area (Å²) in [7, 11) is 2.09. The van der Waals surface area contributed by atoms with E-state index in [4.69, 9.17) is 10.2 Å². The molecular weight excluding hydrogens is 400 g/mol. The molecule has 0 bridgehead atoms. The van der Waals surface area contributed by atoms with E-state index in [1.54, 1.807) is 24.3 Å². The lowest BCUT2D eigenvalue weighted by molar-refractivity contribution is 0.153. The van der Waals surface area contributed by atoms with Crippen LogP contribution in [-0.2, 0) is 0 Å². The lowest BCUT2D eigenvalue weighted by Crippen LogP contribution is -2.46. The van der Waals surface area contributed by atoms with Gasteiger partial charge in [0.25, 0.3) is 0 Å². The molecule has 7 heteroatoms. The van der Waals surface area contributed by atoms with Gasteiger partial charge in [-0.15, -0.1) is 0 Å². The minimum atomic E-state index is -0.234. The number of likely N-dealkylation sites (tertiary alicyclic amines) is 1.